The quantitative estimate of drug-likeness (QED) is 0.737. The molecule has 0 bridgehead atoms. The van der Waals surface area contributed by atoms with Gasteiger partial charge in [-0.25, -0.2) is 0 Å². The van der Waals surface area contributed by atoms with E-state index in [2.05, 4.69) is 10.6 Å². The lowest BCUT2D eigenvalue weighted by molar-refractivity contribution is -0.121. The van der Waals surface area contributed by atoms with Crippen LogP contribution >= 0.6 is 0 Å². The summed E-state index contributed by atoms with van der Waals surface area (Å²) < 4.78 is 0. The number of nitrogens with one attached hydrogen (secondary N) is 2. The molecule has 5 nitrogen and oxygen atoms in total. The number of hydrogen-bond acceptors (Lipinski definition) is 3. The van der Waals surface area contributed by atoms with E-state index in [1.54, 1.807) is 25.1 Å². The summed E-state index contributed by atoms with van der Waals surface area (Å²) in [7, 11) is 0. The highest BCUT2D eigenvalue weighted by Crippen LogP contribution is 2.35. The molecule has 1 aliphatic heterocycles. The lowest BCUT2D eigenvalue weighted by Crippen LogP contribution is -2.39. The van der Waals surface area contributed by atoms with E-state index in [-0.39, 0.29) is 17.3 Å². The van der Waals surface area contributed by atoms with Crippen molar-refractivity contribution in [3.8, 4) is 0 Å². The molecule has 3 N–H and O–H groups in total. The van der Waals surface area contributed by atoms with Gasteiger partial charge in [0.1, 0.15) is 16.9 Å². The number of benzene rings is 2. The van der Waals surface area contributed by atoms with E-state index in [0.717, 1.165) is 5.56 Å². The first-order chi connectivity index (χ1) is 12.3. The molecule has 2 aromatic rings. The van der Waals surface area contributed by atoms with Crippen molar-refractivity contribution in [2.24, 2.45) is 0 Å². The van der Waals surface area contributed by atoms with Crippen molar-refractivity contribution in [1.29, 1.82) is 0 Å². The van der Waals surface area contributed by atoms with Crippen LogP contribution in [0.25, 0.3) is 0 Å². The fourth-order valence-electron chi connectivity index (χ4n) is 3.20. The van der Waals surface area contributed by atoms with Crippen molar-refractivity contribution in [3.05, 3.63) is 77.1 Å². The Hall–Kier alpha value is -3.08. The van der Waals surface area contributed by atoms with E-state index in [1.807, 2.05) is 50.2 Å². The molecule has 2 aromatic carbocycles. The Morgan fingerprint density at radius 2 is 1.69 bits per heavy atom. The third-order valence-corrected chi connectivity index (χ3v) is 4.71. The van der Waals surface area contributed by atoms with Gasteiger partial charge < -0.3 is 15.7 Å². The number of aliphatic hydroxyl groups is 1. The molecule has 1 heterocycles. The number of carbonyl (C=O) groups excluding carboxylic acids is 2. The molecular weight excluding hydrogens is 328 g/mol. The maximum absolute atomic E-state index is 12.7. The zero-order chi connectivity index (χ0) is 18.9. The summed E-state index contributed by atoms with van der Waals surface area (Å²) in [6.45, 7) is 5.73. The van der Waals surface area contributed by atoms with E-state index in [9.17, 15) is 14.7 Å². The van der Waals surface area contributed by atoms with Crippen LogP contribution in [0.15, 0.2) is 65.9 Å². The first-order valence-electron chi connectivity index (χ1n) is 8.56. The second-order valence-corrected chi connectivity index (χ2v) is 6.86. The highest BCUT2D eigenvalue weighted by atomic mass is 16.3. The summed E-state index contributed by atoms with van der Waals surface area (Å²) in [5.41, 5.74) is 0.924. The molecule has 1 aliphatic rings. The maximum atomic E-state index is 12.7. The van der Waals surface area contributed by atoms with Gasteiger partial charge in [-0.1, -0.05) is 62.4 Å². The first kappa shape index (κ1) is 17.7. The van der Waals surface area contributed by atoms with Gasteiger partial charge in [0.2, 0.25) is 0 Å². The number of anilines is 1. The normalized spacial score (nSPS) is 19.6. The topological polar surface area (TPSA) is 78.4 Å². The summed E-state index contributed by atoms with van der Waals surface area (Å²) in [4.78, 5) is 25.2. The Morgan fingerprint density at radius 1 is 1.08 bits per heavy atom. The molecule has 1 unspecified atom stereocenters. The molecule has 0 fully saturated rings. The van der Waals surface area contributed by atoms with Gasteiger partial charge in [-0.3, -0.25) is 9.59 Å². The second kappa shape index (κ2) is 6.67. The van der Waals surface area contributed by atoms with Gasteiger partial charge in [0.05, 0.1) is 0 Å². The average Bonchev–Trinajstić information content (AvgIpc) is 2.86. The summed E-state index contributed by atoms with van der Waals surface area (Å²) in [5, 5.41) is 16.2. The molecule has 2 amide bonds. The third-order valence-electron chi connectivity index (χ3n) is 4.71. The van der Waals surface area contributed by atoms with Crippen LogP contribution in [0.1, 0.15) is 37.8 Å². The Kier molecular flexibility index (Phi) is 4.55. The number of carbonyl (C=O) groups is 2. The van der Waals surface area contributed by atoms with Crippen LogP contribution in [0, 0.1) is 0 Å². The zero-order valence-corrected chi connectivity index (χ0v) is 15.0. The van der Waals surface area contributed by atoms with E-state index in [0.29, 0.717) is 11.3 Å². The average molecular weight is 350 g/mol. The van der Waals surface area contributed by atoms with Crippen LogP contribution < -0.4 is 10.6 Å². The smallest absolute Gasteiger partial charge is 0.264 e. The first-order valence-corrected chi connectivity index (χ1v) is 8.56. The van der Waals surface area contributed by atoms with E-state index < -0.39 is 17.4 Å². The molecular formula is C21H22N2O3. The minimum atomic E-state index is -1.12. The van der Waals surface area contributed by atoms with Crippen molar-refractivity contribution in [2.75, 3.05) is 5.32 Å². The van der Waals surface area contributed by atoms with Crippen molar-refractivity contribution in [1.82, 2.24) is 5.32 Å². The fraction of sp³-hybridized carbons (Fsp3) is 0.238. The zero-order valence-electron chi connectivity index (χ0n) is 15.0. The van der Waals surface area contributed by atoms with Gasteiger partial charge >= 0.3 is 0 Å². The lowest BCUT2D eigenvalue weighted by Gasteiger charge is -2.25. The fourth-order valence-corrected chi connectivity index (χ4v) is 3.20. The lowest BCUT2D eigenvalue weighted by atomic mass is 9.90. The Labute approximate surface area is 152 Å². The standard InChI is InChI=1S/C21H22N2O3/c1-13(2)15-11-7-8-12-16(15)22-19(25)17-18(24)21(3,23-20(17)26)14-9-5-4-6-10-14/h4-13,24H,1-3H3,(H,22,25)(H,23,26). The highest BCUT2D eigenvalue weighted by molar-refractivity contribution is 6.25. The summed E-state index contributed by atoms with van der Waals surface area (Å²) in [6, 6.07) is 16.5. The van der Waals surface area contributed by atoms with Crippen LogP contribution in [0.5, 0.6) is 0 Å². The minimum Gasteiger partial charge on any atom is -0.508 e. The predicted octanol–water partition coefficient (Wildman–Crippen LogP) is 3.61. The second-order valence-electron chi connectivity index (χ2n) is 6.86. The van der Waals surface area contributed by atoms with E-state index >= 15 is 0 Å². The molecule has 3 rings (SSSR count). The van der Waals surface area contributed by atoms with Gasteiger partial charge in [0.15, 0.2) is 0 Å². The summed E-state index contributed by atoms with van der Waals surface area (Å²) >= 11 is 0. The maximum Gasteiger partial charge on any atom is 0.264 e. The molecule has 0 aromatic heterocycles. The molecule has 1 atom stereocenters. The molecule has 0 aliphatic carbocycles. The Morgan fingerprint density at radius 3 is 2.35 bits per heavy atom. The van der Waals surface area contributed by atoms with Crippen LogP contribution in [0.2, 0.25) is 0 Å². The van der Waals surface area contributed by atoms with Gasteiger partial charge in [-0.2, -0.15) is 0 Å². The van der Waals surface area contributed by atoms with Crippen molar-refractivity contribution < 1.29 is 14.7 Å². The van der Waals surface area contributed by atoms with Crippen molar-refractivity contribution >= 4 is 17.5 Å². The van der Waals surface area contributed by atoms with Crippen LogP contribution in [-0.2, 0) is 15.1 Å². The molecule has 134 valence electrons. The molecule has 0 radical (unpaired) electrons. The summed E-state index contributed by atoms with van der Waals surface area (Å²) in [6.07, 6.45) is 0. The molecule has 0 spiro atoms. The number of aliphatic hydroxyl groups excluding tert-OH is 1. The largest absolute Gasteiger partial charge is 0.508 e. The van der Waals surface area contributed by atoms with Gasteiger partial charge in [-0.05, 0) is 30.0 Å². The summed E-state index contributed by atoms with van der Waals surface area (Å²) in [5.74, 6) is -1.27. The van der Waals surface area contributed by atoms with Crippen molar-refractivity contribution in [3.63, 3.8) is 0 Å². The Bertz CT molecular complexity index is 887. The SMILES string of the molecule is CC(C)c1ccccc1NC(=O)C1=C(O)C(C)(c2ccccc2)NC1=O. The molecule has 0 saturated carbocycles. The number of amides is 2. The van der Waals surface area contributed by atoms with Gasteiger partial charge in [0.25, 0.3) is 11.8 Å². The van der Waals surface area contributed by atoms with Gasteiger partial charge in [0, 0.05) is 5.69 Å². The van der Waals surface area contributed by atoms with Crippen LogP contribution in [-0.4, -0.2) is 16.9 Å². The Balaban J connectivity index is 1.96. The van der Waals surface area contributed by atoms with Crippen LogP contribution in [0.3, 0.4) is 0 Å². The van der Waals surface area contributed by atoms with E-state index in [1.165, 1.54) is 0 Å². The third kappa shape index (κ3) is 2.96. The number of para-hydroxylation sites is 1. The minimum absolute atomic E-state index is 0.209. The molecule has 26 heavy (non-hydrogen) atoms. The number of rotatable bonds is 4. The van der Waals surface area contributed by atoms with Crippen LogP contribution in [0.4, 0.5) is 5.69 Å². The van der Waals surface area contributed by atoms with Crippen molar-refractivity contribution in [2.45, 2.75) is 32.2 Å². The highest BCUT2D eigenvalue weighted by Gasteiger charge is 2.45. The predicted molar refractivity (Wildman–Crippen MR) is 101 cm³/mol. The monoisotopic (exact) mass is 350 g/mol. The molecule has 5 heteroatoms. The van der Waals surface area contributed by atoms with E-state index in [4.69, 9.17) is 0 Å². The van der Waals surface area contributed by atoms with Gasteiger partial charge in [-0.15, -0.1) is 0 Å². The number of hydrogen-bond donors (Lipinski definition) is 3. The molecule has 0 saturated heterocycles.